The second-order valence-electron chi connectivity index (χ2n) is 3.86. The lowest BCUT2D eigenvalue weighted by Gasteiger charge is -2.18. The lowest BCUT2D eigenvalue weighted by molar-refractivity contribution is -0.137. The number of alkyl halides is 3. The molecule has 0 radical (unpaired) electrons. The molecule has 0 aliphatic carbocycles. The Morgan fingerprint density at radius 3 is 2.11 bits per heavy atom. The first-order valence-corrected chi connectivity index (χ1v) is 5.49. The summed E-state index contributed by atoms with van der Waals surface area (Å²) in [6.45, 7) is 0. The molecule has 1 amide bonds. The van der Waals surface area contributed by atoms with Crippen LogP contribution >= 0.6 is 0 Å². The van der Waals surface area contributed by atoms with Gasteiger partial charge in [-0.15, -0.1) is 0 Å². The topological polar surface area (TPSA) is 20.3 Å². The second kappa shape index (κ2) is 5.14. The number of hydrogen-bond donors (Lipinski definition) is 0. The van der Waals surface area contributed by atoms with Crippen LogP contribution in [0.5, 0.6) is 0 Å². The van der Waals surface area contributed by atoms with Gasteiger partial charge in [-0.3, -0.25) is 9.69 Å². The van der Waals surface area contributed by atoms with Crippen molar-refractivity contribution >= 4 is 17.8 Å². The number of rotatable bonds is 3. The summed E-state index contributed by atoms with van der Waals surface area (Å²) in [4.78, 5) is 12.3. The van der Waals surface area contributed by atoms with E-state index in [2.05, 4.69) is 0 Å². The Balaban J connectivity index is 2.43. The molecule has 2 rings (SSSR count). The van der Waals surface area contributed by atoms with Crippen LogP contribution in [0.2, 0.25) is 0 Å². The third-order valence-corrected chi connectivity index (χ3v) is 2.59. The molecule has 0 aliphatic rings. The maximum Gasteiger partial charge on any atom is 0.416 e. The molecule has 0 saturated carbocycles. The summed E-state index contributed by atoms with van der Waals surface area (Å²) in [6, 6.07) is 13.1. The minimum absolute atomic E-state index is 0.177. The third-order valence-electron chi connectivity index (χ3n) is 2.59. The Morgan fingerprint density at radius 1 is 0.895 bits per heavy atom. The van der Waals surface area contributed by atoms with Crippen molar-refractivity contribution in [1.29, 1.82) is 0 Å². The van der Waals surface area contributed by atoms with E-state index in [4.69, 9.17) is 0 Å². The number of nitrogens with zero attached hydrogens (tertiary/aromatic N) is 1. The number of amides is 1. The quantitative estimate of drug-likeness (QED) is 0.768. The van der Waals surface area contributed by atoms with Crippen LogP contribution in [-0.2, 0) is 11.0 Å². The van der Waals surface area contributed by atoms with Gasteiger partial charge in [-0.05, 0) is 30.3 Å². The first-order chi connectivity index (χ1) is 9.02. The van der Waals surface area contributed by atoms with Crippen LogP contribution in [0.4, 0.5) is 24.5 Å². The van der Waals surface area contributed by atoms with Gasteiger partial charge >= 0.3 is 6.18 Å². The first kappa shape index (κ1) is 13.1. The fourth-order valence-electron chi connectivity index (χ4n) is 1.69. The molecule has 0 fully saturated rings. The van der Waals surface area contributed by atoms with E-state index in [-0.39, 0.29) is 5.69 Å². The number of carbonyl (C=O) groups is 1. The van der Waals surface area contributed by atoms with Crippen molar-refractivity contribution in [3.8, 4) is 0 Å². The highest BCUT2D eigenvalue weighted by molar-refractivity contribution is 5.86. The van der Waals surface area contributed by atoms with E-state index in [1.54, 1.807) is 30.3 Å². The molecule has 0 bridgehead atoms. The summed E-state index contributed by atoms with van der Waals surface area (Å²) in [5.41, 5.74) is -0.0966. The number of anilines is 2. The van der Waals surface area contributed by atoms with Gasteiger partial charge in [-0.1, -0.05) is 24.3 Å². The summed E-state index contributed by atoms with van der Waals surface area (Å²) >= 11 is 0. The monoisotopic (exact) mass is 265 g/mol. The molecule has 0 heterocycles. The van der Waals surface area contributed by atoms with E-state index in [9.17, 15) is 18.0 Å². The summed E-state index contributed by atoms with van der Waals surface area (Å²) in [6.07, 6.45) is -3.94. The average molecular weight is 265 g/mol. The zero-order valence-corrected chi connectivity index (χ0v) is 9.76. The van der Waals surface area contributed by atoms with Crippen LogP contribution < -0.4 is 4.90 Å². The molecule has 0 spiro atoms. The number of halogens is 3. The molecule has 2 aromatic rings. The molecule has 0 saturated heterocycles. The van der Waals surface area contributed by atoms with E-state index in [1.807, 2.05) is 0 Å². The summed E-state index contributed by atoms with van der Waals surface area (Å²) in [5, 5.41) is 0. The van der Waals surface area contributed by atoms with E-state index >= 15 is 0 Å². The van der Waals surface area contributed by atoms with Crippen molar-refractivity contribution in [2.45, 2.75) is 6.18 Å². The molecule has 19 heavy (non-hydrogen) atoms. The summed E-state index contributed by atoms with van der Waals surface area (Å²) in [5.74, 6) is 0. The molecule has 98 valence electrons. The fourth-order valence-corrected chi connectivity index (χ4v) is 1.69. The lowest BCUT2D eigenvalue weighted by atomic mass is 10.1. The van der Waals surface area contributed by atoms with Gasteiger partial charge in [0.1, 0.15) is 0 Å². The van der Waals surface area contributed by atoms with Crippen LogP contribution in [0.15, 0.2) is 54.6 Å². The molecule has 0 N–H and O–H groups in total. The van der Waals surface area contributed by atoms with E-state index < -0.39 is 11.7 Å². The van der Waals surface area contributed by atoms with Gasteiger partial charge < -0.3 is 0 Å². The van der Waals surface area contributed by atoms with E-state index in [1.165, 1.54) is 12.1 Å². The lowest BCUT2D eigenvalue weighted by Crippen LogP contribution is -2.15. The molecule has 5 heteroatoms. The van der Waals surface area contributed by atoms with Crippen LogP contribution in [0, 0.1) is 0 Å². The van der Waals surface area contributed by atoms with Crippen molar-refractivity contribution in [3.63, 3.8) is 0 Å². The Labute approximate surface area is 108 Å². The normalized spacial score (nSPS) is 11.1. The zero-order chi connectivity index (χ0) is 13.9. The minimum atomic E-state index is -4.43. The number of para-hydroxylation sites is 1. The molecule has 0 aromatic heterocycles. The van der Waals surface area contributed by atoms with Crippen LogP contribution in [0.3, 0.4) is 0 Å². The smallest absolute Gasteiger partial charge is 0.284 e. The maximum absolute atomic E-state index is 12.6. The van der Waals surface area contributed by atoms with Crippen molar-refractivity contribution in [3.05, 3.63) is 60.2 Å². The first-order valence-electron chi connectivity index (χ1n) is 5.49. The maximum atomic E-state index is 12.6. The van der Waals surface area contributed by atoms with Crippen LogP contribution in [-0.4, -0.2) is 6.41 Å². The predicted molar refractivity (Wildman–Crippen MR) is 66.1 cm³/mol. The Morgan fingerprint density at radius 2 is 1.53 bits per heavy atom. The van der Waals surface area contributed by atoms with Gasteiger partial charge in [-0.2, -0.15) is 13.2 Å². The van der Waals surface area contributed by atoms with Gasteiger partial charge in [-0.25, -0.2) is 0 Å². The number of carbonyl (C=O) groups excluding carboxylic acids is 1. The molecule has 2 aromatic carbocycles. The van der Waals surface area contributed by atoms with Crippen LogP contribution in [0.25, 0.3) is 0 Å². The van der Waals surface area contributed by atoms with Gasteiger partial charge in [0.25, 0.3) is 0 Å². The van der Waals surface area contributed by atoms with E-state index in [0.717, 1.165) is 17.0 Å². The number of benzene rings is 2. The molecule has 2 nitrogen and oxygen atoms in total. The highest BCUT2D eigenvalue weighted by Crippen LogP contribution is 2.33. The van der Waals surface area contributed by atoms with Gasteiger partial charge in [0.15, 0.2) is 0 Å². The number of hydrogen-bond acceptors (Lipinski definition) is 1. The van der Waals surface area contributed by atoms with Gasteiger partial charge in [0.05, 0.1) is 5.56 Å². The third kappa shape index (κ3) is 2.93. The average Bonchev–Trinajstić information content (AvgIpc) is 2.40. The highest BCUT2D eigenvalue weighted by Gasteiger charge is 2.30. The molecule has 0 unspecified atom stereocenters. The Hall–Kier alpha value is -2.30. The molecular weight excluding hydrogens is 255 g/mol. The second-order valence-corrected chi connectivity index (χ2v) is 3.86. The summed E-state index contributed by atoms with van der Waals surface area (Å²) in [7, 11) is 0. The zero-order valence-electron chi connectivity index (χ0n) is 9.76. The van der Waals surface area contributed by atoms with Crippen molar-refractivity contribution < 1.29 is 18.0 Å². The summed E-state index contributed by atoms with van der Waals surface area (Å²) < 4.78 is 37.9. The SMILES string of the molecule is O=CN(c1ccccc1)c1cccc(C(F)(F)F)c1. The van der Waals surface area contributed by atoms with Crippen molar-refractivity contribution in [1.82, 2.24) is 0 Å². The van der Waals surface area contributed by atoms with Gasteiger partial charge in [0, 0.05) is 11.4 Å². The standard InChI is InChI=1S/C14H10F3NO/c15-14(16,17)11-5-4-8-13(9-11)18(10-19)12-6-2-1-3-7-12/h1-10H. The molecular formula is C14H10F3NO. The van der Waals surface area contributed by atoms with Gasteiger partial charge in [0.2, 0.25) is 6.41 Å². The largest absolute Gasteiger partial charge is 0.416 e. The molecule has 0 aliphatic heterocycles. The molecule has 0 atom stereocenters. The van der Waals surface area contributed by atoms with Crippen molar-refractivity contribution in [2.75, 3.05) is 4.90 Å². The predicted octanol–water partition coefficient (Wildman–Crippen LogP) is 4.00. The minimum Gasteiger partial charge on any atom is -0.284 e. The fraction of sp³-hybridized carbons (Fsp3) is 0.0714. The van der Waals surface area contributed by atoms with Crippen molar-refractivity contribution in [2.24, 2.45) is 0 Å². The highest BCUT2D eigenvalue weighted by atomic mass is 19.4. The van der Waals surface area contributed by atoms with E-state index in [0.29, 0.717) is 12.1 Å². The van der Waals surface area contributed by atoms with Crippen LogP contribution in [0.1, 0.15) is 5.56 Å². The Kier molecular flexibility index (Phi) is 3.55. The Bertz CT molecular complexity index is 566.